The Kier molecular flexibility index (Phi) is 7.12. The van der Waals surface area contributed by atoms with E-state index in [1.54, 1.807) is 4.68 Å². The SMILES string of the molecule is Cc1nc(-c2nnn(C)c2CNc2noc(CCC3CCC3)n2)ccc1O[C@H]1COC[C@H](C(=O)O)C1. The van der Waals surface area contributed by atoms with Crippen LogP contribution in [0, 0.1) is 18.8 Å². The van der Waals surface area contributed by atoms with E-state index in [-0.39, 0.29) is 12.7 Å². The molecule has 1 saturated carbocycles. The van der Waals surface area contributed by atoms with Crippen LogP contribution in [-0.2, 0) is 29.5 Å². The van der Waals surface area contributed by atoms with Gasteiger partial charge < -0.3 is 24.4 Å². The lowest BCUT2D eigenvalue weighted by molar-refractivity contribution is -0.149. The van der Waals surface area contributed by atoms with Gasteiger partial charge in [0.05, 0.1) is 42.8 Å². The summed E-state index contributed by atoms with van der Waals surface area (Å²) in [6.45, 7) is 2.80. The molecule has 36 heavy (non-hydrogen) atoms. The maximum Gasteiger partial charge on any atom is 0.308 e. The lowest BCUT2D eigenvalue weighted by atomic mass is 9.82. The fourth-order valence-corrected chi connectivity index (χ4v) is 4.51. The van der Waals surface area contributed by atoms with Gasteiger partial charge >= 0.3 is 5.97 Å². The minimum Gasteiger partial charge on any atom is -0.486 e. The Bertz CT molecular complexity index is 1210. The van der Waals surface area contributed by atoms with Crippen molar-refractivity contribution in [2.45, 2.75) is 58.1 Å². The molecule has 1 aliphatic carbocycles. The Morgan fingerprint density at radius 2 is 2.14 bits per heavy atom. The smallest absolute Gasteiger partial charge is 0.308 e. The van der Waals surface area contributed by atoms with E-state index in [2.05, 4.69) is 30.8 Å². The molecule has 1 aliphatic heterocycles. The van der Waals surface area contributed by atoms with Gasteiger partial charge in [-0.05, 0) is 36.6 Å². The van der Waals surface area contributed by atoms with Crippen LogP contribution in [-0.4, -0.2) is 60.5 Å². The largest absolute Gasteiger partial charge is 0.486 e. The highest BCUT2D eigenvalue weighted by Gasteiger charge is 2.29. The maximum atomic E-state index is 11.3. The van der Waals surface area contributed by atoms with Crippen molar-refractivity contribution >= 4 is 11.9 Å². The van der Waals surface area contributed by atoms with E-state index < -0.39 is 11.9 Å². The number of aliphatic carboxylic acids is 1. The standard InChI is InChI=1S/C24H31N7O5/c1-14-20(35-17-10-16(23(32)33)12-34-13-17)8-7-18(26-14)22-19(31(2)30-28-22)11-25-24-27-21(36-29-24)9-6-15-4-3-5-15/h7-8,15-17H,3-6,9-13H2,1-2H3,(H,25,29)(H,32,33)/t16-,17-/m1/s1. The molecule has 192 valence electrons. The van der Waals surface area contributed by atoms with Crippen LogP contribution in [0.15, 0.2) is 16.7 Å². The molecule has 2 aliphatic rings. The molecule has 4 heterocycles. The molecule has 0 bridgehead atoms. The number of hydrogen-bond donors (Lipinski definition) is 2. The first-order chi connectivity index (χ1) is 17.5. The molecule has 0 spiro atoms. The van der Waals surface area contributed by atoms with Gasteiger partial charge in [0, 0.05) is 19.9 Å². The normalized spacial score (nSPS) is 20.2. The van der Waals surface area contributed by atoms with Crippen molar-refractivity contribution in [3.8, 4) is 17.1 Å². The van der Waals surface area contributed by atoms with Crippen LogP contribution in [0.2, 0.25) is 0 Å². The van der Waals surface area contributed by atoms with Crippen LogP contribution >= 0.6 is 0 Å². The highest BCUT2D eigenvalue weighted by Crippen LogP contribution is 2.30. The van der Waals surface area contributed by atoms with Crippen LogP contribution in [0.4, 0.5) is 5.95 Å². The maximum absolute atomic E-state index is 11.3. The van der Waals surface area contributed by atoms with Gasteiger partial charge in [0.15, 0.2) is 0 Å². The number of carbonyl (C=O) groups is 1. The second-order valence-electron chi connectivity index (χ2n) is 9.54. The zero-order valence-corrected chi connectivity index (χ0v) is 20.5. The molecule has 0 unspecified atom stereocenters. The second kappa shape index (κ2) is 10.6. The zero-order valence-electron chi connectivity index (χ0n) is 20.5. The minimum atomic E-state index is -0.872. The van der Waals surface area contributed by atoms with Crippen molar-refractivity contribution in [2.24, 2.45) is 18.9 Å². The average Bonchev–Trinajstić information content (AvgIpc) is 3.44. The number of hydrogen-bond acceptors (Lipinski definition) is 10. The number of nitrogens with zero attached hydrogens (tertiary/aromatic N) is 6. The topological polar surface area (TPSA) is 150 Å². The first kappa shape index (κ1) is 24.2. The number of carboxylic acid groups (broad SMARTS) is 1. The predicted octanol–water partition coefficient (Wildman–Crippen LogP) is 2.78. The van der Waals surface area contributed by atoms with E-state index >= 15 is 0 Å². The third-order valence-electron chi connectivity index (χ3n) is 6.91. The van der Waals surface area contributed by atoms with Gasteiger partial charge in [0.2, 0.25) is 5.89 Å². The Morgan fingerprint density at radius 1 is 1.28 bits per heavy atom. The van der Waals surface area contributed by atoms with Crippen LogP contribution in [0.1, 0.15) is 49.4 Å². The molecule has 3 aromatic heterocycles. The summed E-state index contributed by atoms with van der Waals surface area (Å²) in [6, 6.07) is 3.64. The molecule has 0 aromatic carbocycles. The van der Waals surface area contributed by atoms with E-state index in [0.29, 0.717) is 54.2 Å². The molecule has 12 nitrogen and oxygen atoms in total. The molecule has 5 rings (SSSR count). The highest BCUT2D eigenvalue weighted by molar-refractivity contribution is 5.70. The van der Waals surface area contributed by atoms with Crippen molar-refractivity contribution in [2.75, 3.05) is 18.5 Å². The Labute approximate surface area is 208 Å². The number of rotatable bonds is 10. The van der Waals surface area contributed by atoms with Gasteiger partial charge in [-0.15, -0.1) is 5.10 Å². The summed E-state index contributed by atoms with van der Waals surface area (Å²) < 4.78 is 18.5. The van der Waals surface area contributed by atoms with Gasteiger partial charge in [0.1, 0.15) is 17.5 Å². The molecule has 1 saturated heterocycles. The van der Waals surface area contributed by atoms with E-state index in [9.17, 15) is 9.90 Å². The van der Waals surface area contributed by atoms with Crippen LogP contribution in [0.5, 0.6) is 5.75 Å². The summed E-state index contributed by atoms with van der Waals surface area (Å²) >= 11 is 0. The molecule has 2 fully saturated rings. The third-order valence-corrected chi connectivity index (χ3v) is 6.91. The first-order valence-corrected chi connectivity index (χ1v) is 12.4. The summed E-state index contributed by atoms with van der Waals surface area (Å²) in [5.41, 5.74) is 2.78. The summed E-state index contributed by atoms with van der Waals surface area (Å²) in [7, 11) is 1.82. The first-order valence-electron chi connectivity index (χ1n) is 12.4. The second-order valence-corrected chi connectivity index (χ2v) is 9.54. The number of nitrogens with one attached hydrogen (secondary N) is 1. The van der Waals surface area contributed by atoms with E-state index in [1.807, 2.05) is 26.1 Å². The molecule has 0 amide bonds. The van der Waals surface area contributed by atoms with Crippen molar-refractivity contribution in [3.05, 3.63) is 29.4 Å². The highest BCUT2D eigenvalue weighted by atomic mass is 16.5. The molecule has 12 heteroatoms. The fraction of sp³-hybridized carbons (Fsp3) is 0.583. The fourth-order valence-electron chi connectivity index (χ4n) is 4.51. The Balaban J connectivity index is 1.22. The van der Waals surface area contributed by atoms with Crippen LogP contribution in [0.3, 0.4) is 0 Å². The van der Waals surface area contributed by atoms with Crippen LogP contribution in [0.25, 0.3) is 11.4 Å². The van der Waals surface area contributed by atoms with E-state index in [4.69, 9.17) is 14.0 Å². The molecular weight excluding hydrogens is 466 g/mol. The van der Waals surface area contributed by atoms with Gasteiger partial charge in [-0.3, -0.25) is 4.79 Å². The van der Waals surface area contributed by atoms with Crippen molar-refractivity contribution in [1.82, 2.24) is 30.1 Å². The average molecular weight is 498 g/mol. The number of anilines is 1. The number of ether oxygens (including phenoxy) is 2. The number of pyridine rings is 1. The van der Waals surface area contributed by atoms with Gasteiger partial charge in [-0.25, -0.2) is 9.67 Å². The molecule has 3 aromatic rings. The number of aryl methyl sites for hydroxylation is 3. The summed E-state index contributed by atoms with van der Waals surface area (Å²) in [4.78, 5) is 20.4. The van der Waals surface area contributed by atoms with E-state index in [1.165, 1.54) is 19.3 Å². The predicted molar refractivity (Wildman–Crippen MR) is 127 cm³/mol. The lowest BCUT2D eigenvalue weighted by Gasteiger charge is -2.27. The molecule has 2 N–H and O–H groups in total. The van der Waals surface area contributed by atoms with Crippen LogP contribution < -0.4 is 10.1 Å². The van der Waals surface area contributed by atoms with Crippen molar-refractivity contribution in [1.29, 1.82) is 0 Å². The molecule has 2 atom stereocenters. The third kappa shape index (κ3) is 5.48. The zero-order chi connectivity index (χ0) is 25.1. The summed E-state index contributed by atoms with van der Waals surface area (Å²) in [6.07, 6.45) is 5.89. The van der Waals surface area contributed by atoms with Gasteiger partial charge in [-0.1, -0.05) is 24.5 Å². The quantitative estimate of drug-likeness (QED) is 0.425. The van der Waals surface area contributed by atoms with Crippen molar-refractivity contribution in [3.63, 3.8) is 0 Å². The van der Waals surface area contributed by atoms with Crippen molar-refractivity contribution < 1.29 is 23.9 Å². The van der Waals surface area contributed by atoms with Gasteiger partial charge in [0.25, 0.3) is 5.95 Å². The Morgan fingerprint density at radius 3 is 2.89 bits per heavy atom. The molecular formula is C24H31N7O5. The van der Waals surface area contributed by atoms with E-state index in [0.717, 1.165) is 24.5 Å². The van der Waals surface area contributed by atoms with Gasteiger partial charge in [-0.2, -0.15) is 4.98 Å². The number of aromatic nitrogens is 6. The lowest BCUT2D eigenvalue weighted by Crippen LogP contribution is -2.37. The summed E-state index contributed by atoms with van der Waals surface area (Å²) in [5.74, 6) is 1.03. The summed E-state index contributed by atoms with van der Waals surface area (Å²) in [5, 5.41) is 25.0. The Hall–Kier alpha value is -3.54. The molecule has 0 radical (unpaired) electrons. The number of carboxylic acids is 1. The minimum absolute atomic E-state index is 0.209. The monoisotopic (exact) mass is 497 g/mol.